The van der Waals surface area contributed by atoms with Crippen LogP contribution in [0.3, 0.4) is 0 Å². The molecule has 16 heavy (non-hydrogen) atoms. The van der Waals surface area contributed by atoms with E-state index in [1.807, 2.05) is 7.05 Å². The molecule has 0 atom stereocenters. The molecule has 0 saturated heterocycles. The van der Waals surface area contributed by atoms with Crippen LogP contribution < -0.4 is 10.6 Å². The van der Waals surface area contributed by atoms with Crippen molar-refractivity contribution in [1.29, 1.82) is 0 Å². The van der Waals surface area contributed by atoms with Crippen molar-refractivity contribution >= 4 is 17.5 Å². The first kappa shape index (κ1) is 12.8. The maximum absolute atomic E-state index is 11.7. The summed E-state index contributed by atoms with van der Waals surface area (Å²) in [6, 6.07) is 4.30. The standard InChI is InChI=1S/C11H15ClN2O2/c1-13-5-2-6-14-11(16)9-7-8(15)3-4-10(9)12/h3-4,7,13,15H,2,5-6H2,1H3,(H,14,16). The second kappa shape index (κ2) is 6.35. The monoisotopic (exact) mass is 242 g/mol. The van der Waals surface area contributed by atoms with E-state index in [0.717, 1.165) is 13.0 Å². The van der Waals surface area contributed by atoms with Gasteiger partial charge in [0.2, 0.25) is 0 Å². The summed E-state index contributed by atoms with van der Waals surface area (Å²) in [5.74, 6) is -0.234. The maximum Gasteiger partial charge on any atom is 0.252 e. The van der Waals surface area contributed by atoms with E-state index < -0.39 is 0 Å². The molecule has 0 spiro atoms. The summed E-state index contributed by atoms with van der Waals surface area (Å²) in [5.41, 5.74) is 0.297. The molecule has 0 aliphatic carbocycles. The van der Waals surface area contributed by atoms with Crippen LogP contribution in [-0.4, -0.2) is 31.2 Å². The van der Waals surface area contributed by atoms with Crippen molar-refractivity contribution in [1.82, 2.24) is 10.6 Å². The Bertz CT molecular complexity index is 369. The number of phenolic OH excluding ortho intramolecular Hbond substituents is 1. The summed E-state index contributed by atoms with van der Waals surface area (Å²) in [7, 11) is 1.86. The first-order valence-corrected chi connectivity index (χ1v) is 5.44. The van der Waals surface area contributed by atoms with E-state index in [1.54, 1.807) is 0 Å². The molecular formula is C11H15ClN2O2. The number of amides is 1. The average Bonchev–Trinajstić information content (AvgIpc) is 2.27. The molecule has 0 bridgehead atoms. The molecule has 1 amide bonds. The normalized spacial score (nSPS) is 10.1. The van der Waals surface area contributed by atoms with Gasteiger partial charge in [-0.3, -0.25) is 4.79 Å². The highest BCUT2D eigenvalue weighted by atomic mass is 35.5. The fourth-order valence-corrected chi connectivity index (χ4v) is 1.45. The Morgan fingerprint density at radius 2 is 2.19 bits per heavy atom. The molecule has 0 heterocycles. The van der Waals surface area contributed by atoms with E-state index in [2.05, 4.69) is 10.6 Å². The summed E-state index contributed by atoms with van der Waals surface area (Å²) in [6.45, 7) is 1.42. The largest absolute Gasteiger partial charge is 0.508 e. The Hall–Kier alpha value is -1.26. The van der Waals surface area contributed by atoms with E-state index in [0.29, 0.717) is 17.1 Å². The summed E-state index contributed by atoms with van der Waals surface area (Å²) < 4.78 is 0. The van der Waals surface area contributed by atoms with Crippen LogP contribution in [0.1, 0.15) is 16.8 Å². The Kier molecular flexibility index (Phi) is 5.08. The second-order valence-corrected chi connectivity index (χ2v) is 3.78. The summed E-state index contributed by atoms with van der Waals surface area (Å²) in [6.07, 6.45) is 0.846. The highest BCUT2D eigenvalue weighted by molar-refractivity contribution is 6.33. The molecule has 0 saturated carbocycles. The number of hydrogen-bond donors (Lipinski definition) is 3. The molecule has 1 aromatic carbocycles. The van der Waals surface area contributed by atoms with Gasteiger partial charge in [-0.2, -0.15) is 0 Å². The van der Waals surface area contributed by atoms with E-state index in [9.17, 15) is 9.90 Å². The molecule has 0 unspecified atom stereocenters. The lowest BCUT2D eigenvalue weighted by Crippen LogP contribution is -2.26. The first-order valence-electron chi connectivity index (χ1n) is 5.06. The third-order valence-electron chi connectivity index (χ3n) is 2.08. The van der Waals surface area contributed by atoms with Crippen LogP contribution in [-0.2, 0) is 0 Å². The quantitative estimate of drug-likeness (QED) is 0.684. The van der Waals surface area contributed by atoms with Crippen molar-refractivity contribution in [3.63, 3.8) is 0 Å². The highest BCUT2D eigenvalue weighted by Crippen LogP contribution is 2.20. The second-order valence-electron chi connectivity index (χ2n) is 3.38. The van der Waals surface area contributed by atoms with Gasteiger partial charge in [-0.25, -0.2) is 0 Å². The third-order valence-corrected chi connectivity index (χ3v) is 2.41. The number of carbonyl (C=O) groups is 1. The minimum absolute atomic E-state index is 0.0322. The van der Waals surface area contributed by atoms with Crippen LogP contribution >= 0.6 is 11.6 Å². The van der Waals surface area contributed by atoms with Crippen molar-refractivity contribution in [3.05, 3.63) is 28.8 Å². The average molecular weight is 243 g/mol. The van der Waals surface area contributed by atoms with E-state index in [-0.39, 0.29) is 11.7 Å². The molecule has 0 aromatic heterocycles. The number of benzene rings is 1. The van der Waals surface area contributed by atoms with Crippen LogP contribution in [0.4, 0.5) is 0 Å². The fraction of sp³-hybridized carbons (Fsp3) is 0.364. The maximum atomic E-state index is 11.7. The SMILES string of the molecule is CNCCCNC(=O)c1cc(O)ccc1Cl. The molecule has 0 fully saturated rings. The molecule has 0 radical (unpaired) electrons. The lowest BCUT2D eigenvalue weighted by Gasteiger charge is -2.06. The molecule has 3 N–H and O–H groups in total. The fourth-order valence-electron chi connectivity index (χ4n) is 1.25. The predicted octanol–water partition coefficient (Wildman–Crippen LogP) is 1.38. The Labute approximate surface area is 99.6 Å². The number of hydrogen-bond acceptors (Lipinski definition) is 3. The molecule has 0 aliphatic rings. The molecule has 88 valence electrons. The number of nitrogens with one attached hydrogen (secondary N) is 2. The van der Waals surface area contributed by atoms with Crippen molar-refractivity contribution in [3.8, 4) is 5.75 Å². The highest BCUT2D eigenvalue weighted by Gasteiger charge is 2.10. The number of halogens is 1. The smallest absolute Gasteiger partial charge is 0.252 e. The summed E-state index contributed by atoms with van der Waals surface area (Å²) in [4.78, 5) is 11.7. The molecular weight excluding hydrogens is 228 g/mol. The number of rotatable bonds is 5. The van der Waals surface area contributed by atoms with Gasteiger partial charge in [0.25, 0.3) is 5.91 Å². The Morgan fingerprint density at radius 1 is 1.44 bits per heavy atom. The first-order chi connectivity index (χ1) is 7.65. The van der Waals surface area contributed by atoms with Gasteiger partial charge in [0.05, 0.1) is 10.6 Å². The molecule has 4 nitrogen and oxygen atoms in total. The summed E-state index contributed by atoms with van der Waals surface area (Å²) in [5, 5.41) is 15.3. The molecule has 0 aliphatic heterocycles. The van der Waals surface area contributed by atoms with Gasteiger partial charge in [-0.05, 0) is 38.2 Å². The van der Waals surface area contributed by atoms with Crippen LogP contribution in [0.25, 0.3) is 0 Å². The van der Waals surface area contributed by atoms with Gasteiger partial charge in [-0.1, -0.05) is 11.6 Å². The van der Waals surface area contributed by atoms with Crippen LogP contribution in [0, 0.1) is 0 Å². The lowest BCUT2D eigenvalue weighted by atomic mass is 10.2. The summed E-state index contributed by atoms with van der Waals surface area (Å²) >= 11 is 5.85. The number of carbonyl (C=O) groups excluding carboxylic acids is 1. The van der Waals surface area contributed by atoms with Gasteiger partial charge in [-0.15, -0.1) is 0 Å². The molecule has 5 heteroatoms. The third kappa shape index (κ3) is 3.72. The zero-order valence-electron chi connectivity index (χ0n) is 9.09. The van der Waals surface area contributed by atoms with Crippen molar-refractivity contribution in [2.24, 2.45) is 0 Å². The van der Waals surface area contributed by atoms with Gasteiger partial charge in [0.15, 0.2) is 0 Å². The number of aromatic hydroxyl groups is 1. The van der Waals surface area contributed by atoms with Crippen molar-refractivity contribution < 1.29 is 9.90 Å². The Morgan fingerprint density at radius 3 is 2.88 bits per heavy atom. The number of phenols is 1. The van der Waals surface area contributed by atoms with Crippen LogP contribution in [0.2, 0.25) is 5.02 Å². The van der Waals surface area contributed by atoms with Gasteiger partial charge in [0.1, 0.15) is 5.75 Å². The predicted molar refractivity (Wildman–Crippen MR) is 64.0 cm³/mol. The van der Waals surface area contributed by atoms with Crippen LogP contribution in [0.5, 0.6) is 5.75 Å². The van der Waals surface area contributed by atoms with Crippen molar-refractivity contribution in [2.45, 2.75) is 6.42 Å². The van der Waals surface area contributed by atoms with Crippen molar-refractivity contribution in [2.75, 3.05) is 20.1 Å². The van der Waals surface area contributed by atoms with E-state index in [1.165, 1.54) is 18.2 Å². The minimum atomic E-state index is -0.267. The van der Waals surface area contributed by atoms with Gasteiger partial charge in [0, 0.05) is 6.54 Å². The van der Waals surface area contributed by atoms with E-state index >= 15 is 0 Å². The topological polar surface area (TPSA) is 61.4 Å². The Balaban J connectivity index is 2.55. The van der Waals surface area contributed by atoms with E-state index in [4.69, 9.17) is 11.6 Å². The zero-order chi connectivity index (χ0) is 12.0. The lowest BCUT2D eigenvalue weighted by molar-refractivity contribution is 0.0953. The van der Waals surface area contributed by atoms with Gasteiger partial charge >= 0.3 is 0 Å². The van der Waals surface area contributed by atoms with Crippen LogP contribution in [0.15, 0.2) is 18.2 Å². The molecule has 1 rings (SSSR count). The minimum Gasteiger partial charge on any atom is -0.508 e. The molecule has 1 aromatic rings. The zero-order valence-corrected chi connectivity index (χ0v) is 9.84. The van der Waals surface area contributed by atoms with Gasteiger partial charge < -0.3 is 15.7 Å².